The van der Waals surface area contributed by atoms with Gasteiger partial charge in [-0.25, -0.2) is 0 Å². The fourth-order valence-electron chi connectivity index (χ4n) is 2.05. The lowest BCUT2D eigenvalue weighted by molar-refractivity contribution is -0.159. The summed E-state index contributed by atoms with van der Waals surface area (Å²) in [5.74, 6) is -1.77. The molecule has 0 aliphatic rings. The summed E-state index contributed by atoms with van der Waals surface area (Å²) >= 11 is 0. The third kappa shape index (κ3) is 4.01. The summed E-state index contributed by atoms with van der Waals surface area (Å²) in [5, 5.41) is 3.31. The van der Waals surface area contributed by atoms with E-state index in [0.29, 0.717) is 24.2 Å². The first-order valence-corrected chi connectivity index (χ1v) is 7.17. The van der Waals surface area contributed by atoms with Crippen molar-refractivity contribution in [3.05, 3.63) is 47.9 Å². The zero-order valence-electron chi connectivity index (χ0n) is 13.2. The van der Waals surface area contributed by atoms with Gasteiger partial charge in [0.15, 0.2) is 0 Å². The molecule has 0 fully saturated rings. The van der Waals surface area contributed by atoms with Crippen LogP contribution in [0.4, 0.5) is 13.2 Å². The molecule has 128 valence electrons. The van der Waals surface area contributed by atoms with Crippen molar-refractivity contribution in [1.29, 1.82) is 0 Å². The highest BCUT2D eigenvalue weighted by molar-refractivity contribution is 5.94. The van der Waals surface area contributed by atoms with Crippen LogP contribution < -0.4 is 0 Å². The van der Waals surface area contributed by atoms with E-state index in [9.17, 15) is 18.0 Å². The molecule has 8 heteroatoms. The zero-order valence-corrected chi connectivity index (χ0v) is 13.2. The van der Waals surface area contributed by atoms with Gasteiger partial charge >= 0.3 is 12.1 Å². The first kappa shape index (κ1) is 17.7. The summed E-state index contributed by atoms with van der Waals surface area (Å²) < 4.78 is 41.6. The topological polar surface area (TPSA) is 59.2 Å². The monoisotopic (exact) mass is 339 g/mol. The second-order valence-corrected chi connectivity index (χ2v) is 5.27. The Morgan fingerprint density at radius 1 is 1.29 bits per heavy atom. The molecule has 0 N–H and O–H groups in total. The van der Waals surface area contributed by atoms with E-state index in [1.807, 2.05) is 13.8 Å². The van der Waals surface area contributed by atoms with Crippen LogP contribution in [0.5, 0.6) is 0 Å². The van der Waals surface area contributed by atoms with E-state index < -0.39 is 12.1 Å². The van der Waals surface area contributed by atoms with Gasteiger partial charge in [0.1, 0.15) is 0 Å². The molecule has 1 aromatic carbocycles. The average molecular weight is 339 g/mol. The first-order chi connectivity index (χ1) is 11.2. The van der Waals surface area contributed by atoms with Gasteiger partial charge in [-0.3, -0.25) is 4.79 Å². The fourth-order valence-corrected chi connectivity index (χ4v) is 2.05. The molecule has 1 aromatic heterocycles. The predicted molar refractivity (Wildman–Crippen MR) is 81.1 cm³/mol. The Morgan fingerprint density at radius 2 is 1.92 bits per heavy atom. The number of amides is 1. The van der Waals surface area contributed by atoms with E-state index >= 15 is 0 Å². The number of hydrogen-bond donors (Lipinski definition) is 0. The van der Waals surface area contributed by atoms with Crippen LogP contribution >= 0.6 is 0 Å². The third-order valence-corrected chi connectivity index (χ3v) is 3.19. The van der Waals surface area contributed by atoms with Crippen LogP contribution in [-0.2, 0) is 6.18 Å². The van der Waals surface area contributed by atoms with Gasteiger partial charge in [-0.15, -0.1) is 0 Å². The predicted octanol–water partition coefficient (Wildman–Crippen LogP) is 3.79. The van der Waals surface area contributed by atoms with Crippen molar-refractivity contribution < 1.29 is 22.5 Å². The lowest BCUT2D eigenvalue weighted by atomic mass is 10.1. The average Bonchev–Trinajstić information content (AvgIpc) is 3.02. The molecule has 0 saturated heterocycles. The van der Waals surface area contributed by atoms with E-state index in [0.717, 1.165) is 5.57 Å². The van der Waals surface area contributed by atoms with Gasteiger partial charge in [0.2, 0.25) is 5.82 Å². The van der Waals surface area contributed by atoms with Gasteiger partial charge in [0, 0.05) is 24.2 Å². The van der Waals surface area contributed by atoms with Crippen molar-refractivity contribution >= 4 is 5.91 Å². The number of aromatic nitrogens is 2. The third-order valence-electron chi connectivity index (χ3n) is 3.19. The molecule has 1 amide bonds. The number of alkyl halides is 3. The highest BCUT2D eigenvalue weighted by Gasteiger charge is 2.38. The van der Waals surface area contributed by atoms with E-state index in [1.165, 1.54) is 24.3 Å². The number of carbonyl (C=O) groups is 1. The summed E-state index contributed by atoms with van der Waals surface area (Å²) in [5.41, 5.74) is 1.60. The number of nitrogens with zero attached hydrogens (tertiary/aromatic N) is 3. The Morgan fingerprint density at radius 3 is 2.38 bits per heavy atom. The number of hydrogen-bond acceptors (Lipinski definition) is 4. The molecule has 0 bridgehead atoms. The van der Waals surface area contributed by atoms with Crippen molar-refractivity contribution in [2.75, 3.05) is 13.1 Å². The second kappa shape index (κ2) is 6.86. The van der Waals surface area contributed by atoms with Gasteiger partial charge in [0.25, 0.3) is 5.91 Å². The standard InChI is InChI=1S/C16H16F3N3O2/c1-4-22(9-10(2)3)14(23)12-7-5-11(6-8-12)13-20-15(24-21-13)16(17,18)19/h5-8H,2,4,9H2,1,3H3. The molecule has 5 nitrogen and oxygen atoms in total. The molecule has 0 radical (unpaired) electrons. The molecule has 0 aliphatic carbocycles. The Hall–Kier alpha value is -2.64. The van der Waals surface area contributed by atoms with Gasteiger partial charge in [0.05, 0.1) is 0 Å². The minimum atomic E-state index is -4.69. The number of likely N-dealkylation sites (N-methyl/N-ethyl adjacent to an activating group) is 1. The summed E-state index contributed by atoms with van der Waals surface area (Å²) in [6.07, 6.45) is -4.69. The van der Waals surface area contributed by atoms with Crippen LogP contribution in [0.2, 0.25) is 0 Å². The van der Waals surface area contributed by atoms with Crippen molar-refractivity contribution in [3.8, 4) is 11.4 Å². The SMILES string of the molecule is C=C(C)CN(CC)C(=O)c1ccc(-c2noc(C(F)(F)F)n2)cc1. The van der Waals surface area contributed by atoms with E-state index in [-0.39, 0.29) is 11.7 Å². The largest absolute Gasteiger partial charge is 0.471 e. The summed E-state index contributed by atoms with van der Waals surface area (Å²) in [6.45, 7) is 8.43. The summed E-state index contributed by atoms with van der Waals surface area (Å²) in [4.78, 5) is 17.3. The molecule has 0 saturated carbocycles. The molecule has 0 unspecified atom stereocenters. The zero-order chi connectivity index (χ0) is 17.9. The maximum absolute atomic E-state index is 12.5. The highest BCUT2D eigenvalue weighted by Crippen LogP contribution is 2.29. The van der Waals surface area contributed by atoms with Crippen molar-refractivity contribution in [2.45, 2.75) is 20.0 Å². The lowest BCUT2D eigenvalue weighted by Crippen LogP contribution is -2.32. The molecule has 0 spiro atoms. The Balaban J connectivity index is 2.20. The van der Waals surface area contributed by atoms with Crippen LogP contribution in [0.3, 0.4) is 0 Å². The summed E-state index contributed by atoms with van der Waals surface area (Å²) in [7, 11) is 0. The molecule has 2 rings (SSSR count). The highest BCUT2D eigenvalue weighted by atomic mass is 19.4. The Kier molecular flexibility index (Phi) is 5.06. The van der Waals surface area contributed by atoms with Crippen LogP contribution in [0.1, 0.15) is 30.1 Å². The maximum Gasteiger partial charge on any atom is 0.471 e. The molecular formula is C16H16F3N3O2. The molecule has 24 heavy (non-hydrogen) atoms. The number of rotatable bonds is 5. The van der Waals surface area contributed by atoms with E-state index in [4.69, 9.17) is 0 Å². The molecule has 0 aliphatic heterocycles. The van der Waals surface area contributed by atoms with Gasteiger partial charge < -0.3 is 9.42 Å². The van der Waals surface area contributed by atoms with Crippen molar-refractivity contribution in [2.24, 2.45) is 0 Å². The summed E-state index contributed by atoms with van der Waals surface area (Å²) in [6, 6.07) is 5.99. The fraction of sp³-hybridized carbons (Fsp3) is 0.312. The van der Waals surface area contributed by atoms with Gasteiger partial charge in [-0.1, -0.05) is 29.4 Å². The molecule has 2 aromatic rings. The second-order valence-electron chi connectivity index (χ2n) is 5.27. The van der Waals surface area contributed by atoms with E-state index in [2.05, 4.69) is 21.2 Å². The molecule has 0 atom stereocenters. The minimum absolute atomic E-state index is 0.184. The normalized spacial score (nSPS) is 11.4. The van der Waals surface area contributed by atoms with Crippen molar-refractivity contribution in [3.63, 3.8) is 0 Å². The Bertz CT molecular complexity index is 736. The molecule has 1 heterocycles. The van der Waals surface area contributed by atoms with Crippen LogP contribution in [-0.4, -0.2) is 34.0 Å². The van der Waals surface area contributed by atoms with E-state index in [1.54, 1.807) is 4.90 Å². The minimum Gasteiger partial charge on any atom is -0.335 e. The first-order valence-electron chi connectivity index (χ1n) is 7.17. The lowest BCUT2D eigenvalue weighted by Gasteiger charge is -2.21. The quantitative estimate of drug-likeness (QED) is 0.778. The van der Waals surface area contributed by atoms with Crippen molar-refractivity contribution in [1.82, 2.24) is 15.0 Å². The number of carbonyl (C=O) groups excluding carboxylic acids is 1. The maximum atomic E-state index is 12.5. The van der Waals surface area contributed by atoms with Crippen LogP contribution in [0.25, 0.3) is 11.4 Å². The number of halogens is 3. The van der Waals surface area contributed by atoms with Gasteiger partial charge in [-0.05, 0) is 26.0 Å². The van der Waals surface area contributed by atoms with Gasteiger partial charge in [-0.2, -0.15) is 18.2 Å². The smallest absolute Gasteiger partial charge is 0.335 e. The van der Waals surface area contributed by atoms with Crippen LogP contribution in [0.15, 0.2) is 40.9 Å². The number of benzene rings is 1. The molecular weight excluding hydrogens is 323 g/mol. The van der Waals surface area contributed by atoms with Crippen LogP contribution in [0, 0.1) is 0 Å². The Labute approximate surface area is 136 Å².